The standard InChI is InChI=1S/C58H112O6/c1-6-7-8-9-10-11-28-33-38-43-48-56(59)62-51-55(64-58(61)50-45-40-35-30-25-21-20-23-27-32-37-42-47-54(4)5)52-63-57(60)49-44-39-34-29-24-19-17-15-13-12-14-16-18-22-26-31-36-41-46-53(2)3/h53-55H,6-52H2,1-5H3/t55-/m1/s1. The maximum atomic E-state index is 12.8. The number of ether oxygens (including phenoxy) is 3. The third-order valence-corrected chi connectivity index (χ3v) is 13.2. The minimum atomic E-state index is -0.762. The van der Waals surface area contributed by atoms with Gasteiger partial charge in [0.25, 0.3) is 0 Å². The van der Waals surface area contributed by atoms with Crippen LogP contribution >= 0.6 is 0 Å². The molecule has 0 unspecified atom stereocenters. The summed E-state index contributed by atoms with van der Waals surface area (Å²) in [5, 5.41) is 0. The van der Waals surface area contributed by atoms with E-state index in [1.165, 1.54) is 212 Å². The van der Waals surface area contributed by atoms with Crippen molar-refractivity contribution in [2.75, 3.05) is 13.2 Å². The van der Waals surface area contributed by atoms with E-state index < -0.39 is 6.10 Å². The van der Waals surface area contributed by atoms with Crippen molar-refractivity contribution in [1.82, 2.24) is 0 Å². The third kappa shape index (κ3) is 51.4. The Bertz CT molecular complexity index is 978. The summed E-state index contributed by atoms with van der Waals surface area (Å²) in [5.74, 6) is 0.849. The molecule has 0 heterocycles. The first kappa shape index (κ1) is 62.4. The second-order valence-electron chi connectivity index (χ2n) is 20.9. The van der Waals surface area contributed by atoms with Crippen LogP contribution in [0, 0.1) is 11.8 Å². The lowest BCUT2D eigenvalue weighted by atomic mass is 10.0. The van der Waals surface area contributed by atoms with Gasteiger partial charge in [-0.15, -0.1) is 0 Å². The Labute approximate surface area is 399 Å². The average molecular weight is 906 g/mol. The van der Waals surface area contributed by atoms with Crippen molar-refractivity contribution in [3.05, 3.63) is 0 Å². The van der Waals surface area contributed by atoms with Gasteiger partial charge < -0.3 is 14.2 Å². The van der Waals surface area contributed by atoms with Gasteiger partial charge in [-0.1, -0.05) is 285 Å². The number of rotatable bonds is 52. The highest BCUT2D eigenvalue weighted by Gasteiger charge is 2.19. The van der Waals surface area contributed by atoms with Crippen molar-refractivity contribution in [3.63, 3.8) is 0 Å². The van der Waals surface area contributed by atoms with E-state index in [-0.39, 0.29) is 31.1 Å². The smallest absolute Gasteiger partial charge is 0.306 e. The lowest BCUT2D eigenvalue weighted by molar-refractivity contribution is -0.167. The summed E-state index contributed by atoms with van der Waals surface area (Å²) in [5.41, 5.74) is 0. The molecule has 0 saturated heterocycles. The number of hydrogen-bond acceptors (Lipinski definition) is 6. The minimum Gasteiger partial charge on any atom is -0.462 e. The lowest BCUT2D eigenvalue weighted by Gasteiger charge is -2.18. The summed E-state index contributed by atoms with van der Waals surface area (Å²) in [6.07, 6.45) is 53.8. The number of unbranched alkanes of at least 4 members (excludes halogenated alkanes) is 37. The highest BCUT2D eigenvalue weighted by atomic mass is 16.6. The van der Waals surface area contributed by atoms with Crippen molar-refractivity contribution in [2.24, 2.45) is 11.8 Å². The van der Waals surface area contributed by atoms with Crippen molar-refractivity contribution in [1.29, 1.82) is 0 Å². The Morgan fingerprint density at radius 1 is 0.297 bits per heavy atom. The van der Waals surface area contributed by atoms with Gasteiger partial charge in [0.2, 0.25) is 0 Å². The van der Waals surface area contributed by atoms with Gasteiger partial charge in [-0.05, 0) is 31.1 Å². The maximum absolute atomic E-state index is 12.8. The summed E-state index contributed by atoms with van der Waals surface area (Å²) in [4.78, 5) is 38.0. The largest absolute Gasteiger partial charge is 0.462 e. The van der Waals surface area contributed by atoms with Crippen LogP contribution in [0.1, 0.15) is 324 Å². The van der Waals surface area contributed by atoms with Gasteiger partial charge in [-0.2, -0.15) is 0 Å². The molecular weight excluding hydrogens is 793 g/mol. The number of esters is 3. The zero-order valence-electron chi connectivity index (χ0n) is 43.9. The fourth-order valence-electron chi connectivity index (χ4n) is 8.87. The van der Waals surface area contributed by atoms with Crippen molar-refractivity contribution >= 4 is 17.9 Å². The van der Waals surface area contributed by atoms with E-state index in [0.29, 0.717) is 19.3 Å². The highest BCUT2D eigenvalue weighted by molar-refractivity contribution is 5.71. The van der Waals surface area contributed by atoms with Crippen molar-refractivity contribution < 1.29 is 28.6 Å². The van der Waals surface area contributed by atoms with Crippen LogP contribution in [0.2, 0.25) is 0 Å². The Balaban J connectivity index is 4.20. The van der Waals surface area contributed by atoms with Gasteiger partial charge in [0, 0.05) is 19.3 Å². The second-order valence-corrected chi connectivity index (χ2v) is 20.9. The van der Waals surface area contributed by atoms with Gasteiger partial charge in [0.1, 0.15) is 13.2 Å². The Hall–Kier alpha value is -1.59. The fraction of sp³-hybridized carbons (Fsp3) is 0.948. The monoisotopic (exact) mass is 905 g/mol. The first-order valence-corrected chi connectivity index (χ1v) is 28.7. The molecule has 0 rings (SSSR count). The normalized spacial score (nSPS) is 12.0. The molecule has 64 heavy (non-hydrogen) atoms. The highest BCUT2D eigenvalue weighted by Crippen LogP contribution is 2.18. The molecule has 0 aromatic heterocycles. The molecule has 6 nitrogen and oxygen atoms in total. The van der Waals surface area contributed by atoms with E-state index in [9.17, 15) is 14.4 Å². The summed E-state index contributed by atoms with van der Waals surface area (Å²) >= 11 is 0. The molecule has 0 radical (unpaired) electrons. The fourth-order valence-corrected chi connectivity index (χ4v) is 8.87. The van der Waals surface area contributed by atoms with Crippen LogP contribution in [0.15, 0.2) is 0 Å². The predicted octanol–water partition coefficient (Wildman–Crippen LogP) is 18.9. The molecule has 6 heteroatoms. The maximum Gasteiger partial charge on any atom is 0.306 e. The Morgan fingerprint density at radius 3 is 0.766 bits per heavy atom. The molecule has 0 amide bonds. The quantitative estimate of drug-likeness (QED) is 0.0344. The van der Waals surface area contributed by atoms with Gasteiger partial charge in [-0.25, -0.2) is 0 Å². The predicted molar refractivity (Wildman–Crippen MR) is 275 cm³/mol. The van der Waals surface area contributed by atoms with Crippen LogP contribution in [-0.2, 0) is 28.6 Å². The number of hydrogen-bond donors (Lipinski definition) is 0. The van der Waals surface area contributed by atoms with E-state index in [4.69, 9.17) is 14.2 Å². The molecule has 1 atom stereocenters. The van der Waals surface area contributed by atoms with Crippen LogP contribution < -0.4 is 0 Å². The molecular formula is C58H112O6. The Kier molecular flexibility index (Phi) is 49.6. The summed E-state index contributed by atoms with van der Waals surface area (Å²) in [6.45, 7) is 11.4. The minimum absolute atomic E-state index is 0.0628. The van der Waals surface area contributed by atoms with Crippen LogP contribution in [0.5, 0.6) is 0 Å². The van der Waals surface area contributed by atoms with E-state index in [2.05, 4.69) is 34.6 Å². The van der Waals surface area contributed by atoms with E-state index in [0.717, 1.165) is 69.6 Å². The molecule has 380 valence electrons. The van der Waals surface area contributed by atoms with Gasteiger partial charge in [0.05, 0.1) is 0 Å². The average Bonchev–Trinajstić information content (AvgIpc) is 3.27. The van der Waals surface area contributed by atoms with Crippen LogP contribution in [0.25, 0.3) is 0 Å². The molecule has 0 N–H and O–H groups in total. The summed E-state index contributed by atoms with van der Waals surface area (Å²) in [7, 11) is 0. The Morgan fingerprint density at radius 2 is 0.516 bits per heavy atom. The third-order valence-electron chi connectivity index (χ3n) is 13.2. The number of carbonyl (C=O) groups is 3. The topological polar surface area (TPSA) is 78.9 Å². The summed E-state index contributed by atoms with van der Waals surface area (Å²) in [6, 6.07) is 0. The van der Waals surface area contributed by atoms with Crippen LogP contribution in [0.3, 0.4) is 0 Å². The van der Waals surface area contributed by atoms with E-state index in [1.54, 1.807) is 0 Å². The molecule has 0 saturated carbocycles. The van der Waals surface area contributed by atoms with Gasteiger partial charge >= 0.3 is 17.9 Å². The molecule has 0 aromatic rings. The van der Waals surface area contributed by atoms with Crippen molar-refractivity contribution in [2.45, 2.75) is 330 Å². The van der Waals surface area contributed by atoms with Crippen LogP contribution in [-0.4, -0.2) is 37.2 Å². The molecule has 0 spiro atoms. The van der Waals surface area contributed by atoms with E-state index in [1.807, 2.05) is 0 Å². The molecule has 0 aliphatic carbocycles. The SMILES string of the molecule is CCCCCCCCCCCCC(=O)OC[C@H](COC(=O)CCCCCCCCCCCCCCCCCCCCC(C)C)OC(=O)CCCCCCCCCCCCCCC(C)C. The molecule has 0 aliphatic heterocycles. The first-order valence-electron chi connectivity index (χ1n) is 28.7. The zero-order valence-corrected chi connectivity index (χ0v) is 43.9. The summed E-state index contributed by atoms with van der Waals surface area (Å²) < 4.78 is 16.9. The molecule has 0 aromatic carbocycles. The van der Waals surface area contributed by atoms with Gasteiger partial charge in [-0.3, -0.25) is 14.4 Å². The second kappa shape index (κ2) is 50.8. The lowest BCUT2D eigenvalue weighted by Crippen LogP contribution is -2.30. The van der Waals surface area contributed by atoms with Crippen LogP contribution in [0.4, 0.5) is 0 Å². The molecule has 0 aliphatic rings. The van der Waals surface area contributed by atoms with E-state index >= 15 is 0 Å². The molecule has 0 bridgehead atoms. The first-order chi connectivity index (χ1) is 31.2. The molecule has 0 fully saturated rings. The number of carbonyl (C=O) groups excluding carboxylic acids is 3. The zero-order chi connectivity index (χ0) is 46.8. The van der Waals surface area contributed by atoms with Gasteiger partial charge in [0.15, 0.2) is 6.10 Å². The van der Waals surface area contributed by atoms with Crippen molar-refractivity contribution in [3.8, 4) is 0 Å².